The Balaban J connectivity index is 0.000000654. The molecule has 0 bridgehead atoms. The highest BCUT2D eigenvalue weighted by atomic mass is 32.1. The molecule has 4 N–H and O–H groups in total. The zero-order valence-electron chi connectivity index (χ0n) is 29.1. The number of hydrogen-bond acceptors (Lipinski definition) is 11. The molecular formula is C35H45F3N6O6S. The van der Waals surface area contributed by atoms with Gasteiger partial charge in [-0.3, -0.25) is 14.9 Å². The fourth-order valence-corrected chi connectivity index (χ4v) is 7.50. The van der Waals surface area contributed by atoms with E-state index in [2.05, 4.69) is 43.1 Å². The monoisotopic (exact) mass is 734 g/mol. The third-order valence-corrected chi connectivity index (χ3v) is 10.8. The van der Waals surface area contributed by atoms with Crippen molar-refractivity contribution in [3.05, 3.63) is 52.9 Å². The largest absolute Gasteiger partial charge is 0.490 e. The molecule has 6 rings (SSSR count). The van der Waals surface area contributed by atoms with E-state index in [9.17, 15) is 22.8 Å². The predicted molar refractivity (Wildman–Crippen MR) is 185 cm³/mol. The number of halogens is 3. The number of Topliss-reactive ketones (excluding diaryl/α,β-unsaturated/α-hetero) is 1. The first-order valence-electron chi connectivity index (χ1n) is 17.2. The van der Waals surface area contributed by atoms with E-state index in [0.717, 1.165) is 73.0 Å². The molecule has 5 heterocycles. The number of aromatic nitrogens is 2. The lowest BCUT2D eigenvalue weighted by molar-refractivity contribution is -0.192. The average Bonchev–Trinajstić information content (AvgIpc) is 3.83. The van der Waals surface area contributed by atoms with Gasteiger partial charge in [0.15, 0.2) is 17.1 Å². The van der Waals surface area contributed by atoms with Gasteiger partial charge in [-0.1, -0.05) is 43.3 Å². The number of ketones is 1. The van der Waals surface area contributed by atoms with Gasteiger partial charge in [-0.15, -0.1) is 11.3 Å². The number of piperidine rings is 1. The number of benzene rings is 1. The Morgan fingerprint density at radius 1 is 1.12 bits per heavy atom. The first-order valence-corrected chi connectivity index (χ1v) is 18.0. The summed E-state index contributed by atoms with van der Waals surface area (Å²) in [7, 11) is 0. The number of carbonyl (C=O) groups excluding carboxylic acids is 2. The van der Waals surface area contributed by atoms with Gasteiger partial charge < -0.3 is 29.9 Å². The molecule has 278 valence electrons. The lowest BCUT2D eigenvalue weighted by Crippen LogP contribution is -2.62. The van der Waals surface area contributed by atoms with Gasteiger partial charge in [0, 0.05) is 31.5 Å². The van der Waals surface area contributed by atoms with Crippen LogP contribution in [0.3, 0.4) is 0 Å². The van der Waals surface area contributed by atoms with E-state index in [-0.39, 0.29) is 42.1 Å². The summed E-state index contributed by atoms with van der Waals surface area (Å²) < 4.78 is 43.7. The van der Waals surface area contributed by atoms with Gasteiger partial charge in [0.2, 0.25) is 5.91 Å². The molecule has 51 heavy (non-hydrogen) atoms. The third kappa shape index (κ3) is 8.96. The van der Waals surface area contributed by atoms with Gasteiger partial charge in [-0.05, 0) is 69.8 Å². The Morgan fingerprint density at radius 2 is 1.78 bits per heavy atom. The van der Waals surface area contributed by atoms with E-state index in [1.165, 1.54) is 0 Å². The summed E-state index contributed by atoms with van der Waals surface area (Å²) in [5, 5.41) is 21.2. The number of carbonyl (C=O) groups is 3. The van der Waals surface area contributed by atoms with Crippen molar-refractivity contribution in [3.63, 3.8) is 0 Å². The number of thiazole rings is 1. The van der Waals surface area contributed by atoms with Crippen LogP contribution in [0.1, 0.15) is 75.4 Å². The molecular weight excluding hydrogens is 689 g/mol. The van der Waals surface area contributed by atoms with Crippen LogP contribution < -0.4 is 20.9 Å². The molecule has 16 heteroatoms. The first kappa shape index (κ1) is 38.4. The molecule has 3 fully saturated rings. The Hall–Kier alpha value is -3.86. The lowest BCUT2D eigenvalue weighted by atomic mass is 9.78. The van der Waals surface area contributed by atoms with E-state index >= 15 is 0 Å². The van der Waals surface area contributed by atoms with Crippen LogP contribution >= 0.6 is 11.3 Å². The molecule has 2 unspecified atom stereocenters. The van der Waals surface area contributed by atoms with Gasteiger partial charge >= 0.3 is 12.1 Å². The zero-order valence-corrected chi connectivity index (χ0v) is 29.9. The summed E-state index contributed by atoms with van der Waals surface area (Å²) in [6, 6.07) is 9.85. The number of aliphatic carboxylic acids is 1. The highest BCUT2D eigenvalue weighted by Gasteiger charge is 2.53. The van der Waals surface area contributed by atoms with Crippen molar-refractivity contribution in [2.45, 2.75) is 89.3 Å². The molecule has 3 aliphatic heterocycles. The highest BCUT2D eigenvalue weighted by molar-refractivity contribution is 7.13. The summed E-state index contributed by atoms with van der Waals surface area (Å²) in [5.74, 6) is -2.06. The summed E-state index contributed by atoms with van der Waals surface area (Å²) in [4.78, 5) is 44.4. The summed E-state index contributed by atoms with van der Waals surface area (Å²) in [6.07, 6.45) is -1.48. The number of carboxylic acid groups (broad SMARTS) is 1. The van der Waals surface area contributed by atoms with Crippen LogP contribution in [0, 0.1) is 12.8 Å². The molecule has 3 aliphatic rings. The molecule has 0 radical (unpaired) electrons. The number of aryl methyl sites for hydroxylation is 1. The number of hydrogen-bond donors (Lipinski definition) is 4. The molecule has 0 spiro atoms. The second kappa shape index (κ2) is 16.2. The normalized spacial score (nSPS) is 22.4. The highest BCUT2D eigenvalue weighted by Crippen LogP contribution is 2.35. The number of amides is 1. The van der Waals surface area contributed by atoms with Crippen LogP contribution in [0.4, 0.5) is 19.0 Å². The number of carboxylic acids is 1. The fourth-order valence-electron chi connectivity index (χ4n) is 6.69. The molecule has 0 saturated carbocycles. The summed E-state index contributed by atoms with van der Waals surface area (Å²) in [6.45, 7) is 12.1. The second-order valence-corrected chi connectivity index (χ2v) is 14.4. The maximum atomic E-state index is 13.9. The third-order valence-electron chi connectivity index (χ3n) is 9.86. The molecule has 0 aliphatic carbocycles. The number of anilines is 1. The van der Waals surface area contributed by atoms with Crippen molar-refractivity contribution in [1.29, 1.82) is 0 Å². The van der Waals surface area contributed by atoms with Crippen LogP contribution in [0.2, 0.25) is 0 Å². The molecule has 4 atom stereocenters. The quantitative estimate of drug-likeness (QED) is 0.196. The lowest BCUT2D eigenvalue weighted by Gasteiger charge is -2.41. The predicted octanol–water partition coefficient (Wildman–Crippen LogP) is 5.01. The number of alkyl halides is 3. The van der Waals surface area contributed by atoms with E-state index in [0.29, 0.717) is 18.4 Å². The topological polar surface area (TPSA) is 159 Å². The minimum absolute atomic E-state index is 0.118. The number of ether oxygens (including phenoxy) is 1. The smallest absolute Gasteiger partial charge is 0.475 e. The van der Waals surface area contributed by atoms with Crippen molar-refractivity contribution < 1.29 is 41.9 Å². The van der Waals surface area contributed by atoms with Crippen molar-refractivity contribution in [1.82, 2.24) is 26.1 Å². The summed E-state index contributed by atoms with van der Waals surface area (Å²) in [5.41, 5.74) is 3.67. The first-order chi connectivity index (χ1) is 24.2. The Labute approximate surface area is 298 Å². The van der Waals surface area contributed by atoms with Gasteiger partial charge in [0.25, 0.3) is 0 Å². The van der Waals surface area contributed by atoms with E-state index in [4.69, 9.17) is 19.2 Å². The Morgan fingerprint density at radius 3 is 2.35 bits per heavy atom. The van der Waals surface area contributed by atoms with Gasteiger partial charge in [-0.2, -0.15) is 13.2 Å². The molecule has 3 aromatic rings. The van der Waals surface area contributed by atoms with Crippen molar-refractivity contribution >= 4 is 34.8 Å². The second-order valence-electron chi connectivity index (χ2n) is 13.5. The van der Waals surface area contributed by atoms with Crippen molar-refractivity contribution in [2.75, 3.05) is 37.6 Å². The van der Waals surface area contributed by atoms with Crippen LogP contribution in [-0.2, 0) is 19.1 Å². The molecule has 1 amide bonds. The zero-order chi connectivity index (χ0) is 36.9. The Kier molecular flexibility index (Phi) is 12.2. The maximum absolute atomic E-state index is 13.9. The number of nitrogens with one attached hydrogen (secondary N) is 3. The number of nitrogens with zero attached hydrogens (tertiary/aromatic N) is 3. The van der Waals surface area contributed by atoms with Gasteiger partial charge in [0.05, 0.1) is 34.3 Å². The van der Waals surface area contributed by atoms with Crippen LogP contribution in [0.15, 0.2) is 40.4 Å². The molecule has 3 saturated heterocycles. The minimum atomic E-state index is -5.08. The Bertz CT molecular complexity index is 1650. The van der Waals surface area contributed by atoms with Crippen LogP contribution in [0.5, 0.6) is 0 Å². The SMILES string of the molecule is Cc1ncsc1-c1ccc([C@H](C)NC(=O)[C@@]2(C(=O)CC(C)c3cc(N4CC(OC5CCNCC5)C4)no3)NCCC2C)cc1.O=C(O)C(F)(F)F. The van der Waals surface area contributed by atoms with Crippen LogP contribution in [-0.4, -0.2) is 89.6 Å². The fraction of sp³-hybridized carbons (Fsp3) is 0.571. The van der Waals surface area contributed by atoms with E-state index in [1.807, 2.05) is 51.4 Å². The minimum Gasteiger partial charge on any atom is -0.475 e. The van der Waals surface area contributed by atoms with Crippen molar-refractivity contribution in [2.24, 2.45) is 5.92 Å². The maximum Gasteiger partial charge on any atom is 0.490 e. The molecule has 2 aromatic heterocycles. The van der Waals surface area contributed by atoms with Gasteiger partial charge in [0.1, 0.15) is 5.76 Å². The van der Waals surface area contributed by atoms with Gasteiger partial charge in [-0.25, -0.2) is 9.78 Å². The molecule has 12 nitrogen and oxygen atoms in total. The summed E-state index contributed by atoms with van der Waals surface area (Å²) >= 11 is 1.62. The number of rotatable bonds is 11. The average molecular weight is 735 g/mol. The van der Waals surface area contributed by atoms with Crippen molar-refractivity contribution in [3.8, 4) is 10.4 Å². The van der Waals surface area contributed by atoms with E-state index < -0.39 is 17.7 Å². The van der Waals surface area contributed by atoms with E-state index in [1.54, 1.807) is 11.3 Å². The van der Waals surface area contributed by atoms with Crippen LogP contribution in [0.25, 0.3) is 10.4 Å². The molecule has 1 aromatic carbocycles. The standard InChI is InChI=1S/C33H44N6O4S.C2HF3O2/c1-20(28-16-30(38-43-28)39-17-27(18-39)42-26-10-12-34-13-11-26)15-29(40)33(21(2)9-14-36-33)32(41)37-22(3)24-5-7-25(8-6-24)31-23(4)35-19-44-31;3-2(4,5)1(6)7/h5-8,16,19-22,26-27,34,36H,9-15,17-18H2,1-4H3,(H,37,41);(H,6,7)/t20?,21?,22-,33+;/m0./s1.